The number of nitrogens with one attached hydrogen (secondary N) is 5. The third kappa shape index (κ3) is 16.9. The molecule has 0 aromatic heterocycles. The molecule has 16 N–H and O–H groups in total. The number of benzene rings is 2. The van der Waals surface area contributed by atoms with Crippen LogP contribution in [0.2, 0.25) is 0 Å². The van der Waals surface area contributed by atoms with Crippen molar-refractivity contribution in [2.45, 2.75) is 102 Å². The summed E-state index contributed by atoms with van der Waals surface area (Å²) in [4.78, 5) is 95.1. The fourth-order valence-electron chi connectivity index (χ4n) is 5.62. The minimum absolute atomic E-state index is 0.0159. The first-order valence-electron chi connectivity index (χ1n) is 18.7. The smallest absolute Gasteiger partial charge is 0.326 e. The number of phenols is 2. The molecule has 0 aliphatic heterocycles. The molecule has 0 aliphatic carbocycles. The number of aliphatic hydroxyl groups excluding tert-OH is 1. The van der Waals surface area contributed by atoms with E-state index >= 15 is 0 Å². The van der Waals surface area contributed by atoms with Crippen LogP contribution in [0.4, 0.5) is 0 Å². The van der Waals surface area contributed by atoms with Crippen molar-refractivity contribution in [2.75, 3.05) is 6.54 Å². The van der Waals surface area contributed by atoms with Crippen LogP contribution in [0, 0.1) is 5.92 Å². The predicted molar refractivity (Wildman–Crippen MR) is 212 cm³/mol. The second kappa shape index (κ2) is 23.7. The SMILES string of the molecule is CC[C@H](C)[C@H](NC(=O)[C@H](Cc1ccc(O)cc1)NC(=O)[C@H](CCCN=C(N)N)NC(=O)[C@H](Cc1ccc(O)cc1)NC(=O)[C@@H](NC(=O)[C@@H](N)CC(=O)O)[C@@H](C)O)C(=O)O. The van der Waals surface area contributed by atoms with Crippen LogP contribution < -0.4 is 43.8 Å². The highest BCUT2D eigenvalue weighted by Gasteiger charge is 2.35. The van der Waals surface area contributed by atoms with Gasteiger partial charge in [-0.15, -0.1) is 0 Å². The van der Waals surface area contributed by atoms with Gasteiger partial charge >= 0.3 is 11.9 Å². The maximum absolute atomic E-state index is 14.1. The van der Waals surface area contributed by atoms with Gasteiger partial charge in [0.05, 0.1) is 18.6 Å². The van der Waals surface area contributed by atoms with Crippen molar-refractivity contribution in [1.29, 1.82) is 0 Å². The first-order valence-corrected chi connectivity index (χ1v) is 18.7. The van der Waals surface area contributed by atoms with E-state index in [1.54, 1.807) is 13.8 Å². The molecule has 0 saturated carbocycles. The Labute approximate surface area is 340 Å². The number of phenolic OH excluding ortho intramolecular Hbond substituents is 2. The van der Waals surface area contributed by atoms with Gasteiger partial charge in [-0.1, -0.05) is 44.5 Å². The number of aromatic hydroxyl groups is 2. The van der Waals surface area contributed by atoms with Gasteiger partial charge < -0.3 is 69.3 Å². The summed E-state index contributed by atoms with van der Waals surface area (Å²) in [7, 11) is 0. The van der Waals surface area contributed by atoms with Gasteiger partial charge in [0.25, 0.3) is 0 Å². The maximum Gasteiger partial charge on any atom is 0.326 e. The highest BCUT2D eigenvalue weighted by molar-refractivity contribution is 5.97. The number of carbonyl (C=O) groups is 7. The van der Waals surface area contributed by atoms with E-state index in [0.717, 1.165) is 6.92 Å². The Hall–Kier alpha value is -6.48. The first kappa shape index (κ1) is 48.7. The number of guanidine groups is 1. The van der Waals surface area contributed by atoms with Crippen molar-refractivity contribution in [3.05, 3.63) is 59.7 Å². The minimum atomic E-state index is -1.72. The summed E-state index contributed by atoms with van der Waals surface area (Å²) in [6, 6.07) is 2.31. The largest absolute Gasteiger partial charge is 0.508 e. The van der Waals surface area contributed by atoms with E-state index < -0.39 is 96.2 Å². The van der Waals surface area contributed by atoms with Crippen LogP contribution in [0.15, 0.2) is 53.5 Å². The molecule has 0 bridgehead atoms. The zero-order valence-corrected chi connectivity index (χ0v) is 33.0. The van der Waals surface area contributed by atoms with E-state index in [0.29, 0.717) is 17.5 Å². The van der Waals surface area contributed by atoms with E-state index in [9.17, 15) is 54.0 Å². The number of hydrogen-bond acceptors (Lipinski definition) is 12. The molecule has 5 amide bonds. The van der Waals surface area contributed by atoms with Crippen LogP contribution in [0.25, 0.3) is 0 Å². The van der Waals surface area contributed by atoms with Crippen molar-refractivity contribution in [1.82, 2.24) is 26.6 Å². The Balaban J connectivity index is 2.51. The average Bonchev–Trinajstić information content (AvgIpc) is 3.16. The second-order valence-corrected chi connectivity index (χ2v) is 14.0. The number of nitrogens with zero attached hydrogens (tertiary/aromatic N) is 1. The summed E-state index contributed by atoms with van der Waals surface area (Å²) in [6.07, 6.45) is -2.38. The quantitative estimate of drug-likeness (QED) is 0.0300. The molecule has 0 fully saturated rings. The molecule has 0 radical (unpaired) electrons. The molecule has 0 aliphatic rings. The number of aliphatic carboxylic acids is 2. The summed E-state index contributed by atoms with van der Waals surface area (Å²) in [5, 5.41) is 61.1. The van der Waals surface area contributed by atoms with Gasteiger partial charge in [-0.05, 0) is 61.1 Å². The molecule has 2 aromatic carbocycles. The summed E-state index contributed by atoms with van der Waals surface area (Å²) < 4.78 is 0. The Morgan fingerprint density at radius 3 is 1.54 bits per heavy atom. The molecular weight excluding hydrogens is 774 g/mol. The van der Waals surface area contributed by atoms with Gasteiger partial charge in [0.15, 0.2) is 5.96 Å². The molecule has 0 spiro atoms. The molecule has 59 heavy (non-hydrogen) atoms. The molecule has 324 valence electrons. The van der Waals surface area contributed by atoms with E-state index in [4.69, 9.17) is 22.3 Å². The number of hydrogen-bond donors (Lipinski definition) is 13. The third-order valence-corrected chi connectivity index (χ3v) is 9.17. The predicted octanol–water partition coefficient (Wildman–Crippen LogP) is -2.33. The van der Waals surface area contributed by atoms with Gasteiger partial charge in [0.1, 0.15) is 41.7 Å². The summed E-state index contributed by atoms with van der Waals surface area (Å²) in [6.45, 7) is 4.55. The normalized spacial score (nSPS) is 15.0. The highest BCUT2D eigenvalue weighted by Crippen LogP contribution is 2.15. The van der Waals surface area contributed by atoms with Crippen LogP contribution in [-0.4, -0.2) is 122 Å². The van der Waals surface area contributed by atoms with Gasteiger partial charge in [0.2, 0.25) is 29.5 Å². The van der Waals surface area contributed by atoms with Crippen LogP contribution in [0.5, 0.6) is 11.5 Å². The lowest BCUT2D eigenvalue weighted by molar-refractivity contribution is -0.144. The standard InChI is InChI=1S/C38H55N9O12/c1-4-19(2)30(37(58)59)46-35(56)28(17-22-9-13-24(50)14-10-22)44-33(54)26(6-5-15-42-38(40)41)43-34(55)27(16-21-7-11-23(49)12-8-21)45-36(57)31(20(3)48)47-32(53)25(39)18-29(51)52/h7-14,19-20,25-28,30-31,48-50H,4-6,15-18,39H2,1-3H3,(H,43,55)(H,44,54)(H,45,57)(H,46,56)(H,47,53)(H,51,52)(H,58,59)(H4,40,41,42)/t19-,20+,25-,26-,27-,28-,30-,31-/m0/s1. The number of nitrogens with two attached hydrogens (primary N) is 3. The number of aliphatic hydroxyl groups is 1. The fourth-order valence-corrected chi connectivity index (χ4v) is 5.62. The number of rotatable bonds is 24. The fraction of sp³-hybridized carbons (Fsp3) is 0.474. The number of aliphatic imine (C=N–C) groups is 1. The second-order valence-electron chi connectivity index (χ2n) is 14.0. The number of carboxylic acid groups (broad SMARTS) is 2. The zero-order chi connectivity index (χ0) is 44.4. The van der Waals surface area contributed by atoms with Crippen molar-refractivity contribution >= 4 is 47.4 Å². The third-order valence-electron chi connectivity index (χ3n) is 9.17. The molecule has 2 aromatic rings. The lowest BCUT2D eigenvalue weighted by Gasteiger charge is -2.28. The topological polar surface area (TPSA) is 371 Å². The van der Waals surface area contributed by atoms with E-state index in [2.05, 4.69) is 31.6 Å². The molecular formula is C38H55N9O12. The van der Waals surface area contributed by atoms with Crippen molar-refractivity contribution < 1.29 is 59.1 Å². The van der Waals surface area contributed by atoms with E-state index in [1.807, 2.05) is 0 Å². The lowest BCUT2D eigenvalue weighted by Crippen LogP contribution is -2.61. The zero-order valence-electron chi connectivity index (χ0n) is 33.0. The van der Waals surface area contributed by atoms with Crippen LogP contribution in [0.3, 0.4) is 0 Å². The van der Waals surface area contributed by atoms with Gasteiger partial charge in [-0.3, -0.25) is 33.8 Å². The molecule has 8 atom stereocenters. The van der Waals surface area contributed by atoms with Crippen LogP contribution in [-0.2, 0) is 46.4 Å². The Morgan fingerprint density at radius 1 is 0.661 bits per heavy atom. The molecule has 0 unspecified atom stereocenters. The molecule has 2 rings (SSSR count). The molecule has 21 heteroatoms. The first-order chi connectivity index (χ1) is 27.7. The molecule has 0 saturated heterocycles. The summed E-state index contributed by atoms with van der Waals surface area (Å²) in [5.74, 6) is -8.44. The van der Waals surface area contributed by atoms with Crippen molar-refractivity contribution in [3.8, 4) is 11.5 Å². The van der Waals surface area contributed by atoms with Gasteiger partial charge in [0, 0.05) is 19.4 Å². The van der Waals surface area contributed by atoms with E-state index in [-0.39, 0.29) is 49.7 Å². The molecule has 0 heterocycles. The average molecular weight is 830 g/mol. The Bertz CT molecular complexity index is 1790. The Morgan fingerprint density at radius 2 is 1.10 bits per heavy atom. The summed E-state index contributed by atoms with van der Waals surface area (Å²) >= 11 is 0. The van der Waals surface area contributed by atoms with Crippen LogP contribution >= 0.6 is 0 Å². The monoisotopic (exact) mass is 829 g/mol. The van der Waals surface area contributed by atoms with Crippen molar-refractivity contribution in [3.63, 3.8) is 0 Å². The summed E-state index contributed by atoms with van der Waals surface area (Å²) in [5.41, 5.74) is 17.4. The number of carbonyl (C=O) groups excluding carboxylic acids is 5. The van der Waals surface area contributed by atoms with Gasteiger partial charge in [-0.25, -0.2) is 4.79 Å². The lowest BCUT2D eigenvalue weighted by atomic mass is 9.98. The van der Waals surface area contributed by atoms with Crippen molar-refractivity contribution in [2.24, 2.45) is 28.1 Å². The highest BCUT2D eigenvalue weighted by atomic mass is 16.4. The molecule has 21 nitrogen and oxygen atoms in total. The maximum atomic E-state index is 14.1. The van der Waals surface area contributed by atoms with Crippen LogP contribution in [0.1, 0.15) is 57.6 Å². The Kier molecular flexibility index (Phi) is 19.5. The van der Waals surface area contributed by atoms with Gasteiger partial charge in [-0.2, -0.15) is 0 Å². The number of carboxylic acids is 2. The number of amides is 5. The minimum Gasteiger partial charge on any atom is -0.508 e. The van der Waals surface area contributed by atoms with E-state index in [1.165, 1.54) is 48.5 Å².